The Bertz CT molecular complexity index is 453. The molecular weight excluding hydrogens is 247 g/mol. The molecule has 1 aromatic carbocycles. The molecule has 3 nitrogen and oxygen atoms in total. The van der Waals surface area contributed by atoms with Crippen molar-refractivity contribution >= 4 is 0 Å². The Labute approximate surface area is 102 Å². The number of methoxy groups -OCH3 is 1. The average Bonchev–Trinajstić information content (AvgIpc) is 2.25. The van der Waals surface area contributed by atoms with Crippen LogP contribution in [-0.2, 0) is 11.7 Å². The lowest BCUT2D eigenvalue weighted by atomic mass is 9.69. The highest BCUT2D eigenvalue weighted by atomic mass is 19.4. The van der Waals surface area contributed by atoms with Crippen LogP contribution in [0.15, 0.2) is 18.2 Å². The van der Waals surface area contributed by atoms with E-state index < -0.39 is 23.4 Å². The zero-order valence-electron chi connectivity index (χ0n) is 9.79. The van der Waals surface area contributed by atoms with Gasteiger partial charge in [-0.05, 0) is 30.5 Å². The minimum absolute atomic E-state index is 0.0149. The molecule has 3 N–H and O–H groups in total. The number of alkyl halides is 3. The number of benzene rings is 1. The van der Waals surface area contributed by atoms with E-state index in [1.54, 1.807) is 0 Å². The van der Waals surface area contributed by atoms with Gasteiger partial charge in [0.2, 0.25) is 0 Å². The van der Waals surface area contributed by atoms with Gasteiger partial charge in [-0.2, -0.15) is 13.2 Å². The van der Waals surface area contributed by atoms with Crippen molar-refractivity contribution in [3.63, 3.8) is 0 Å². The highest BCUT2D eigenvalue weighted by Gasteiger charge is 2.46. The minimum Gasteiger partial charge on any atom is -0.497 e. The molecule has 0 aliphatic heterocycles. The third-order valence-electron chi connectivity index (χ3n) is 3.27. The number of rotatable bonds is 2. The highest BCUT2D eigenvalue weighted by Crippen LogP contribution is 2.45. The van der Waals surface area contributed by atoms with E-state index in [1.165, 1.54) is 19.2 Å². The van der Waals surface area contributed by atoms with E-state index in [2.05, 4.69) is 0 Å². The molecule has 0 spiro atoms. The summed E-state index contributed by atoms with van der Waals surface area (Å²) in [6, 6.07) is 3.71. The summed E-state index contributed by atoms with van der Waals surface area (Å²) >= 11 is 0. The molecule has 18 heavy (non-hydrogen) atoms. The molecule has 1 aliphatic carbocycles. The quantitative estimate of drug-likeness (QED) is 0.856. The third kappa shape index (κ3) is 2.18. The Morgan fingerprint density at radius 1 is 1.39 bits per heavy atom. The van der Waals surface area contributed by atoms with Crippen molar-refractivity contribution in [2.45, 2.75) is 30.7 Å². The van der Waals surface area contributed by atoms with Gasteiger partial charge in [-0.3, -0.25) is 0 Å². The van der Waals surface area contributed by atoms with Crippen LogP contribution in [0.25, 0.3) is 0 Å². The minimum atomic E-state index is -4.49. The van der Waals surface area contributed by atoms with Crippen LogP contribution in [0.3, 0.4) is 0 Å². The summed E-state index contributed by atoms with van der Waals surface area (Å²) in [5.41, 5.74) is 4.02. The summed E-state index contributed by atoms with van der Waals surface area (Å²) in [5, 5.41) is 9.25. The molecule has 0 aromatic heterocycles. The molecule has 1 saturated carbocycles. The standard InChI is InChI=1S/C12H14F3NO2/c1-18-8-2-3-9(10(4-8)12(13,14)15)11(16)5-7(17)6-11/h2-4,7,17H,5-6,16H2,1H3. The zero-order valence-corrected chi connectivity index (χ0v) is 9.79. The van der Waals surface area contributed by atoms with Gasteiger partial charge in [0.05, 0.1) is 18.8 Å². The van der Waals surface area contributed by atoms with E-state index >= 15 is 0 Å². The predicted octanol–water partition coefficient (Wildman–Crippen LogP) is 2.02. The zero-order chi connectivity index (χ0) is 13.6. The first-order chi connectivity index (χ1) is 8.26. The number of ether oxygens (including phenoxy) is 1. The average molecular weight is 261 g/mol. The molecule has 0 bridgehead atoms. The van der Waals surface area contributed by atoms with Crippen LogP contribution in [0.2, 0.25) is 0 Å². The van der Waals surface area contributed by atoms with Gasteiger partial charge in [-0.25, -0.2) is 0 Å². The first-order valence-corrected chi connectivity index (χ1v) is 5.49. The van der Waals surface area contributed by atoms with Gasteiger partial charge in [0, 0.05) is 5.54 Å². The van der Waals surface area contributed by atoms with Gasteiger partial charge in [-0.15, -0.1) is 0 Å². The molecule has 1 aliphatic rings. The maximum absolute atomic E-state index is 13.0. The Morgan fingerprint density at radius 3 is 2.44 bits per heavy atom. The van der Waals surface area contributed by atoms with Crippen molar-refractivity contribution < 1.29 is 23.0 Å². The van der Waals surface area contributed by atoms with Crippen molar-refractivity contribution in [2.24, 2.45) is 5.73 Å². The van der Waals surface area contributed by atoms with E-state index in [-0.39, 0.29) is 24.2 Å². The van der Waals surface area contributed by atoms with Crippen molar-refractivity contribution in [2.75, 3.05) is 7.11 Å². The lowest BCUT2D eigenvalue weighted by Gasteiger charge is -2.43. The van der Waals surface area contributed by atoms with E-state index in [0.717, 1.165) is 6.07 Å². The number of nitrogens with two attached hydrogens (primary N) is 1. The topological polar surface area (TPSA) is 55.5 Å². The molecule has 6 heteroatoms. The van der Waals surface area contributed by atoms with E-state index in [0.29, 0.717) is 0 Å². The third-order valence-corrected chi connectivity index (χ3v) is 3.27. The van der Waals surface area contributed by atoms with Crippen LogP contribution in [0.5, 0.6) is 5.75 Å². The molecule has 2 rings (SSSR count). The predicted molar refractivity (Wildman–Crippen MR) is 59.1 cm³/mol. The van der Waals surface area contributed by atoms with Gasteiger partial charge < -0.3 is 15.6 Å². The lowest BCUT2D eigenvalue weighted by Crippen LogP contribution is -2.52. The monoisotopic (exact) mass is 261 g/mol. The van der Waals surface area contributed by atoms with Gasteiger partial charge in [0.25, 0.3) is 0 Å². The maximum atomic E-state index is 13.0. The number of hydrogen-bond acceptors (Lipinski definition) is 3. The number of aliphatic hydroxyl groups excluding tert-OH is 1. The Morgan fingerprint density at radius 2 is 2.00 bits per heavy atom. The molecule has 1 aromatic rings. The summed E-state index contributed by atoms with van der Waals surface area (Å²) in [4.78, 5) is 0. The van der Waals surface area contributed by atoms with E-state index in [9.17, 15) is 18.3 Å². The normalized spacial score (nSPS) is 27.8. The second-order valence-electron chi connectivity index (χ2n) is 4.63. The Balaban J connectivity index is 2.47. The van der Waals surface area contributed by atoms with Crippen LogP contribution in [-0.4, -0.2) is 18.3 Å². The second kappa shape index (κ2) is 4.13. The fourth-order valence-electron chi connectivity index (χ4n) is 2.32. The van der Waals surface area contributed by atoms with Crippen LogP contribution < -0.4 is 10.5 Å². The molecule has 1 fully saturated rings. The van der Waals surface area contributed by atoms with Crippen molar-refractivity contribution in [1.82, 2.24) is 0 Å². The van der Waals surface area contributed by atoms with Crippen LogP contribution in [0, 0.1) is 0 Å². The van der Waals surface area contributed by atoms with Crippen molar-refractivity contribution in [1.29, 1.82) is 0 Å². The van der Waals surface area contributed by atoms with Gasteiger partial charge in [-0.1, -0.05) is 6.07 Å². The molecule has 0 amide bonds. The van der Waals surface area contributed by atoms with Gasteiger partial charge in [0.15, 0.2) is 0 Å². The van der Waals surface area contributed by atoms with Gasteiger partial charge >= 0.3 is 6.18 Å². The molecule has 0 heterocycles. The summed E-state index contributed by atoms with van der Waals surface area (Å²) in [6.07, 6.45) is -4.83. The summed E-state index contributed by atoms with van der Waals surface area (Å²) in [7, 11) is 1.31. The summed E-state index contributed by atoms with van der Waals surface area (Å²) < 4.78 is 43.7. The largest absolute Gasteiger partial charge is 0.497 e. The first kappa shape index (κ1) is 13.2. The van der Waals surface area contributed by atoms with Crippen LogP contribution in [0.1, 0.15) is 24.0 Å². The maximum Gasteiger partial charge on any atom is 0.416 e. The van der Waals surface area contributed by atoms with Crippen molar-refractivity contribution in [3.05, 3.63) is 29.3 Å². The SMILES string of the molecule is COc1ccc(C2(N)CC(O)C2)c(C(F)(F)F)c1. The number of hydrogen-bond donors (Lipinski definition) is 2. The molecule has 0 atom stereocenters. The van der Waals surface area contributed by atoms with Crippen molar-refractivity contribution in [3.8, 4) is 5.75 Å². The molecule has 0 saturated heterocycles. The van der Waals surface area contributed by atoms with Gasteiger partial charge in [0.1, 0.15) is 5.75 Å². The number of halogens is 3. The molecule has 0 unspecified atom stereocenters. The van der Waals surface area contributed by atoms with E-state index in [4.69, 9.17) is 10.5 Å². The fraction of sp³-hybridized carbons (Fsp3) is 0.500. The summed E-state index contributed by atoms with van der Waals surface area (Å²) in [5.74, 6) is 0.134. The lowest BCUT2D eigenvalue weighted by molar-refractivity contribution is -0.140. The first-order valence-electron chi connectivity index (χ1n) is 5.49. The molecule has 100 valence electrons. The second-order valence-corrected chi connectivity index (χ2v) is 4.63. The molecular formula is C12H14F3NO2. The molecule has 0 radical (unpaired) electrons. The fourth-order valence-corrected chi connectivity index (χ4v) is 2.32. The number of aliphatic hydroxyl groups is 1. The van der Waals surface area contributed by atoms with Crippen LogP contribution in [0.4, 0.5) is 13.2 Å². The highest BCUT2D eigenvalue weighted by molar-refractivity contribution is 5.43. The summed E-state index contributed by atoms with van der Waals surface area (Å²) in [6.45, 7) is 0. The Kier molecular flexibility index (Phi) is 3.03. The Hall–Kier alpha value is -1.27. The smallest absolute Gasteiger partial charge is 0.416 e. The van der Waals surface area contributed by atoms with Crippen LogP contribution >= 0.6 is 0 Å². The van der Waals surface area contributed by atoms with E-state index in [1.807, 2.05) is 0 Å².